The van der Waals surface area contributed by atoms with Gasteiger partial charge in [0.15, 0.2) is 0 Å². The number of rotatable bonds is 14. The molecule has 0 heterocycles. The Kier molecular flexibility index (Phi) is 13.5. The third-order valence-electron chi connectivity index (χ3n) is 4.88. The first kappa shape index (κ1) is 22.4. The summed E-state index contributed by atoms with van der Waals surface area (Å²) < 4.78 is 0. The molecule has 0 aromatic heterocycles. The molecule has 0 aliphatic heterocycles. The van der Waals surface area contributed by atoms with Crippen LogP contribution in [0.25, 0.3) is 0 Å². The minimum Gasteiger partial charge on any atom is -0.301 e. The van der Waals surface area contributed by atoms with Crippen LogP contribution in [-0.4, -0.2) is 11.2 Å². The van der Waals surface area contributed by atoms with Gasteiger partial charge in [0, 0.05) is 0 Å². The van der Waals surface area contributed by atoms with E-state index in [0.29, 0.717) is 12.3 Å². The minimum absolute atomic E-state index is 0.294. The average Bonchev–Trinajstić information content (AvgIpc) is 2.46. The second-order valence-electron chi connectivity index (χ2n) is 8.17. The van der Waals surface area contributed by atoms with Crippen molar-refractivity contribution in [3.05, 3.63) is 0 Å². The Hall–Kier alpha value is -0.570. The van der Waals surface area contributed by atoms with Crippen LogP contribution in [0.5, 0.6) is 0 Å². The molecule has 0 rings (SSSR count). The summed E-state index contributed by atoms with van der Waals surface area (Å²) in [7, 11) is 0. The smallest absolute Gasteiger partial charge is 0.301 e. The highest BCUT2D eigenvalue weighted by molar-refractivity contribution is 5.68. The summed E-state index contributed by atoms with van der Waals surface area (Å²) in [6.45, 7) is 11.4. The predicted molar refractivity (Wildman–Crippen MR) is 97.2 cm³/mol. The first-order chi connectivity index (χ1) is 10.8. The van der Waals surface area contributed by atoms with Crippen LogP contribution in [0.4, 0.5) is 0 Å². The lowest BCUT2D eigenvalue weighted by Gasteiger charge is -2.16. The van der Waals surface area contributed by atoms with Gasteiger partial charge in [0.2, 0.25) is 0 Å². The topological polar surface area (TPSA) is 46.5 Å². The molecule has 0 bridgehead atoms. The van der Waals surface area contributed by atoms with E-state index < -0.39 is 5.97 Å². The molecule has 0 aromatic carbocycles. The van der Waals surface area contributed by atoms with Crippen LogP contribution in [-0.2, 0) is 9.68 Å². The van der Waals surface area contributed by atoms with Gasteiger partial charge >= 0.3 is 5.97 Å². The largest absolute Gasteiger partial charge is 0.342 e. The molecule has 0 saturated carbocycles. The molecule has 0 aliphatic carbocycles. The zero-order chi connectivity index (χ0) is 17.7. The lowest BCUT2D eigenvalue weighted by molar-refractivity contribution is -0.235. The van der Waals surface area contributed by atoms with Crippen LogP contribution >= 0.6 is 0 Å². The summed E-state index contributed by atoms with van der Waals surface area (Å²) in [4.78, 5) is 14.7. The molecule has 0 radical (unpaired) electrons. The fourth-order valence-electron chi connectivity index (χ4n) is 3.22. The standard InChI is InChI=1S/C20H40O3/c1-16(2)9-6-10-17(3)11-7-12-18(4)13-8-14-19(5)15-20(21)23-22/h16-19,22H,6-15H2,1-5H3. The van der Waals surface area contributed by atoms with E-state index in [1.807, 2.05) is 6.92 Å². The Morgan fingerprint density at radius 2 is 1.13 bits per heavy atom. The molecular formula is C20H40O3. The van der Waals surface area contributed by atoms with Gasteiger partial charge in [-0.1, -0.05) is 92.4 Å². The first-order valence-electron chi connectivity index (χ1n) is 9.69. The quantitative estimate of drug-likeness (QED) is 0.294. The summed E-state index contributed by atoms with van der Waals surface area (Å²) in [6.07, 6.45) is 11.9. The summed E-state index contributed by atoms with van der Waals surface area (Å²) in [6, 6.07) is 0. The van der Waals surface area contributed by atoms with Crippen molar-refractivity contribution in [2.45, 2.75) is 98.8 Å². The minimum atomic E-state index is -0.517. The van der Waals surface area contributed by atoms with Crippen molar-refractivity contribution in [2.24, 2.45) is 23.7 Å². The lowest BCUT2D eigenvalue weighted by atomic mass is 9.91. The molecule has 1 N–H and O–H groups in total. The highest BCUT2D eigenvalue weighted by Crippen LogP contribution is 2.22. The van der Waals surface area contributed by atoms with Crippen molar-refractivity contribution in [2.75, 3.05) is 0 Å². The van der Waals surface area contributed by atoms with Gasteiger partial charge in [-0.15, -0.1) is 0 Å². The summed E-state index contributed by atoms with van der Waals surface area (Å²) in [5.41, 5.74) is 0. The molecule has 138 valence electrons. The zero-order valence-electron chi connectivity index (χ0n) is 16.1. The third kappa shape index (κ3) is 14.7. The zero-order valence-corrected chi connectivity index (χ0v) is 16.1. The fourth-order valence-corrected chi connectivity index (χ4v) is 3.22. The van der Waals surface area contributed by atoms with Crippen LogP contribution in [0.2, 0.25) is 0 Å². The average molecular weight is 329 g/mol. The Labute approximate surface area is 144 Å². The van der Waals surface area contributed by atoms with Gasteiger partial charge in [-0.3, -0.25) is 0 Å². The van der Waals surface area contributed by atoms with Gasteiger partial charge < -0.3 is 4.89 Å². The van der Waals surface area contributed by atoms with Crippen molar-refractivity contribution < 1.29 is 14.9 Å². The molecule has 0 saturated heterocycles. The number of hydrogen-bond donors (Lipinski definition) is 1. The van der Waals surface area contributed by atoms with Crippen molar-refractivity contribution in [3.63, 3.8) is 0 Å². The van der Waals surface area contributed by atoms with E-state index in [4.69, 9.17) is 5.26 Å². The first-order valence-corrected chi connectivity index (χ1v) is 9.69. The maximum absolute atomic E-state index is 11.0. The fraction of sp³-hybridized carbons (Fsp3) is 0.950. The van der Waals surface area contributed by atoms with E-state index >= 15 is 0 Å². The van der Waals surface area contributed by atoms with Crippen LogP contribution in [0, 0.1) is 23.7 Å². The van der Waals surface area contributed by atoms with E-state index in [0.717, 1.165) is 30.6 Å². The van der Waals surface area contributed by atoms with E-state index in [1.165, 1.54) is 44.9 Å². The maximum Gasteiger partial charge on any atom is 0.342 e. The van der Waals surface area contributed by atoms with Crippen LogP contribution in [0.3, 0.4) is 0 Å². The molecule has 0 aromatic rings. The monoisotopic (exact) mass is 328 g/mol. The molecule has 0 amide bonds. The molecule has 0 fully saturated rings. The van der Waals surface area contributed by atoms with Crippen molar-refractivity contribution in [3.8, 4) is 0 Å². The van der Waals surface area contributed by atoms with Crippen molar-refractivity contribution in [1.29, 1.82) is 0 Å². The normalized spacial score (nSPS) is 15.4. The van der Waals surface area contributed by atoms with Crippen LogP contribution in [0.1, 0.15) is 98.8 Å². The van der Waals surface area contributed by atoms with Crippen molar-refractivity contribution in [1.82, 2.24) is 0 Å². The van der Waals surface area contributed by atoms with Crippen molar-refractivity contribution >= 4 is 5.97 Å². The second kappa shape index (κ2) is 13.8. The Balaban J connectivity index is 3.56. The second-order valence-corrected chi connectivity index (χ2v) is 8.17. The molecule has 3 nitrogen and oxygen atoms in total. The van der Waals surface area contributed by atoms with Gasteiger partial charge in [0.05, 0.1) is 6.42 Å². The molecule has 0 aliphatic rings. The SMILES string of the molecule is CC(C)CCCC(C)CCCC(C)CCCC(C)CC(=O)OO. The Morgan fingerprint density at radius 3 is 1.52 bits per heavy atom. The summed E-state index contributed by atoms with van der Waals surface area (Å²) >= 11 is 0. The van der Waals surface area contributed by atoms with Gasteiger partial charge in [-0.05, 0) is 23.7 Å². The molecule has 3 heteroatoms. The van der Waals surface area contributed by atoms with Gasteiger partial charge in [0.1, 0.15) is 0 Å². The highest BCUT2D eigenvalue weighted by Gasteiger charge is 2.11. The number of carbonyl (C=O) groups excluding carboxylic acids is 1. The van der Waals surface area contributed by atoms with E-state index in [2.05, 4.69) is 32.6 Å². The number of carbonyl (C=O) groups is 1. The highest BCUT2D eigenvalue weighted by atomic mass is 17.1. The lowest BCUT2D eigenvalue weighted by Crippen LogP contribution is -2.08. The summed E-state index contributed by atoms with van der Waals surface area (Å²) in [5, 5.41) is 8.27. The predicted octanol–water partition coefficient (Wildman–Crippen LogP) is 6.47. The van der Waals surface area contributed by atoms with Gasteiger partial charge in [-0.25, -0.2) is 4.79 Å². The Bertz CT molecular complexity index is 289. The van der Waals surface area contributed by atoms with E-state index in [9.17, 15) is 4.79 Å². The van der Waals surface area contributed by atoms with Crippen LogP contribution < -0.4 is 0 Å². The molecule has 3 unspecified atom stereocenters. The van der Waals surface area contributed by atoms with E-state index in [-0.39, 0.29) is 0 Å². The molecular weight excluding hydrogens is 288 g/mol. The van der Waals surface area contributed by atoms with E-state index in [1.54, 1.807) is 0 Å². The number of hydrogen-bond acceptors (Lipinski definition) is 3. The molecule has 23 heavy (non-hydrogen) atoms. The molecule has 3 atom stereocenters. The Morgan fingerprint density at radius 1 is 0.739 bits per heavy atom. The maximum atomic E-state index is 11.0. The summed E-state index contributed by atoms with van der Waals surface area (Å²) in [5.74, 6) is 2.25. The van der Waals surface area contributed by atoms with Crippen LogP contribution in [0.15, 0.2) is 0 Å². The van der Waals surface area contributed by atoms with Gasteiger partial charge in [0.25, 0.3) is 0 Å². The van der Waals surface area contributed by atoms with Gasteiger partial charge in [-0.2, -0.15) is 5.26 Å². The third-order valence-corrected chi connectivity index (χ3v) is 4.88. The molecule has 0 spiro atoms.